The van der Waals surface area contributed by atoms with Gasteiger partial charge in [0.25, 0.3) is 5.91 Å². The van der Waals surface area contributed by atoms with Crippen LogP contribution in [0.1, 0.15) is 41.6 Å². The summed E-state index contributed by atoms with van der Waals surface area (Å²) in [4.78, 5) is 14.4. The Morgan fingerprint density at radius 2 is 2.41 bits per heavy atom. The van der Waals surface area contributed by atoms with Gasteiger partial charge in [0.05, 0.1) is 5.56 Å². The monoisotopic (exact) mass is 271 g/mol. The first-order valence-electron chi connectivity index (χ1n) is 6.13. The van der Waals surface area contributed by atoms with Crippen molar-refractivity contribution in [1.82, 2.24) is 4.90 Å². The number of thiophene rings is 1. The van der Waals surface area contributed by atoms with Gasteiger partial charge in [0, 0.05) is 23.8 Å². The first kappa shape index (κ1) is 12.9. The van der Waals surface area contributed by atoms with Crippen molar-refractivity contribution in [1.29, 1.82) is 0 Å². The quantitative estimate of drug-likeness (QED) is 0.765. The molecule has 2 nitrogen and oxygen atoms in total. The molecule has 0 radical (unpaired) electrons. The lowest BCUT2D eigenvalue weighted by atomic mass is 10.1. The standard InChI is InChI=1S/C13H18ClNOS/c1-10-8-17-9-12(10)13(16)15-7-3-5-11(15)4-2-6-14/h8-9,11H,2-7H2,1H3. The number of carbonyl (C=O) groups is 1. The zero-order chi connectivity index (χ0) is 12.3. The summed E-state index contributed by atoms with van der Waals surface area (Å²) >= 11 is 7.33. The van der Waals surface area contributed by atoms with Crippen LogP contribution in [0.15, 0.2) is 10.8 Å². The molecule has 0 aliphatic carbocycles. The lowest BCUT2D eigenvalue weighted by molar-refractivity contribution is 0.0730. The zero-order valence-electron chi connectivity index (χ0n) is 10.1. The summed E-state index contributed by atoms with van der Waals surface area (Å²) in [6, 6.07) is 0.403. The van der Waals surface area contributed by atoms with Crippen molar-refractivity contribution in [2.75, 3.05) is 12.4 Å². The molecule has 2 rings (SSSR count). The largest absolute Gasteiger partial charge is 0.336 e. The van der Waals surface area contributed by atoms with Gasteiger partial charge in [-0.3, -0.25) is 4.79 Å². The summed E-state index contributed by atoms with van der Waals surface area (Å²) in [6.07, 6.45) is 4.30. The highest BCUT2D eigenvalue weighted by Crippen LogP contribution is 2.25. The maximum absolute atomic E-state index is 12.4. The molecule has 1 fully saturated rings. The van der Waals surface area contributed by atoms with Gasteiger partial charge in [-0.15, -0.1) is 11.6 Å². The summed E-state index contributed by atoms with van der Waals surface area (Å²) in [5.41, 5.74) is 1.98. The molecule has 4 heteroatoms. The summed E-state index contributed by atoms with van der Waals surface area (Å²) in [5.74, 6) is 0.900. The van der Waals surface area contributed by atoms with Gasteiger partial charge in [-0.05, 0) is 43.6 Å². The van der Waals surface area contributed by atoms with Gasteiger partial charge >= 0.3 is 0 Å². The summed E-state index contributed by atoms with van der Waals surface area (Å²) in [7, 11) is 0. The van der Waals surface area contributed by atoms with Crippen molar-refractivity contribution in [2.24, 2.45) is 0 Å². The second kappa shape index (κ2) is 5.87. The minimum Gasteiger partial charge on any atom is -0.336 e. The first-order chi connectivity index (χ1) is 8.24. The highest BCUT2D eigenvalue weighted by molar-refractivity contribution is 7.08. The lowest BCUT2D eigenvalue weighted by Gasteiger charge is -2.24. The van der Waals surface area contributed by atoms with E-state index in [-0.39, 0.29) is 5.91 Å². The molecule has 2 heterocycles. The van der Waals surface area contributed by atoms with Crippen LogP contribution in [-0.4, -0.2) is 29.3 Å². The Morgan fingerprint density at radius 3 is 3.06 bits per heavy atom. The van der Waals surface area contributed by atoms with E-state index in [0.29, 0.717) is 11.9 Å². The fourth-order valence-corrected chi connectivity index (χ4v) is 3.43. The molecule has 0 N–H and O–H groups in total. The van der Waals surface area contributed by atoms with Crippen LogP contribution < -0.4 is 0 Å². The van der Waals surface area contributed by atoms with Crippen LogP contribution in [0, 0.1) is 6.92 Å². The number of halogens is 1. The smallest absolute Gasteiger partial charge is 0.255 e. The molecule has 1 saturated heterocycles. The number of hydrogen-bond acceptors (Lipinski definition) is 2. The molecule has 0 saturated carbocycles. The highest BCUT2D eigenvalue weighted by atomic mass is 35.5. The SMILES string of the molecule is Cc1cscc1C(=O)N1CCCC1CCCCl. The Balaban J connectivity index is 2.06. The second-order valence-corrected chi connectivity index (χ2v) is 5.72. The van der Waals surface area contributed by atoms with Crippen molar-refractivity contribution < 1.29 is 4.79 Å². The van der Waals surface area contributed by atoms with E-state index in [2.05, 4.69) is 0 Å². The van der Waals surface area contributed by atoms with E-state index < -0.39 is 0 Å². The topological polar surface area (TPSA) is 20.3 Å². The first-order valence-corrected chi connectivity index (χ1v) is 7.61. The number of amides is 1. The van der Waals surface area contributed by atoms with Gasteiger partial charge in [-0.25, -0.2) is 0 Å². The number of hydrogen-bond donors (Lipinski definition) is 0. The van der Waals surface area contributed by atoms with Crippen LogP contribution in [0.3, 0.4) is 0 Å². The second-order valence-electron chi connectivity index (χ2n) is 4.59. The molecule has 1 aliphatic heterocycles. The number of alkyl halides is 1. The predicted octanol–water partition coefficient (Wildman–Crippen LogP) is 3.68. The maximum atomic E-state index is 12.4. The molecular formula is C13H18ClNOS. The lowest BCUT2D eigenvalue weighted by Crippen LogP contribution is -2.35. The number of carbonyl (C=O) groups excluding carboxylic acids is 1. The normalized spacial score (nSPS) is 19.9. The van der Waals surface area contributed by atoms with Crippen LogP contribution in [-0.2, 0) is 0 Å². The van der Waals surface area contributed by atoms with Crippen LogP contribution >= 0.6 is 22.9 Å². The third-order valence-electron chi connectivity index (χ3n) is 3.39. The van der Waals surface area contributed by atoms with Gasteiger partial charge in [-0.1, -0.05) is 0 Å². The molecule has 1 unspecified atom stereocenters. The molecule has 1 aromatic heterocycles. The third-order valence-corrected chi connectivity index (χ3v) is 4.52. The van der Waals surface area contributed by atoms with Crippen molar-refractivity contribution in [2.45, 2.75) is 38.6 Å². The summed E-state index contributed by atoms with van der Waals surface area (Å²) in [6.45, 7) is 2.91. The van der Waals surface area contributed by atoms with Gasteiger partial charge in [0.15, 0.2) is 0 Å². The highest BCUT2D eigenvalue weighted by Gasteiger charge is 2.29. The number of aryl methyl sites for hydroxylation is 1. The number of likely N-dealkylation sites (tertiary alicyclic amines) is 1. The van der Waals surface area contributed by atoms with E-state index in [0.717, 1.165) is 43.4 Å². The van der Waals surface area contributed by atoms with E-state index in [1.807, 2.05) is 22.6 Å². The molecule has 17 heavy (non-hydrogen) atoms. The fraction of sp³-hybridized carbons (Fsp3) is 0.615. The third kappa shape index (κ3) is 2.83. The fourth-order valence-electron chi connectivity index (χ4n) is 2.45. The molecule has 1 atom stereocenters. The van der Waals surface area contributed by atoms with Crippen LogP contribution in [0.5, 0.6) is 0 Å². The zero-order valence-corrected chi connectivity index (χ0v) is 11.7. The number of nitrogens with zero attached hydrogens (tertiary/aromatic N) is 1. The Labute approximate surface area is 112 Å². The van der Waals surface area contributed by atoms with E-state index in [4.69, 9.17) is 11.6 Å². The molecular weight excluding hydrogens is 254 g/mol. The molecule has 0 bridgehead atoms. The van der Waals surface area contributed by atoms with Gasteiger partial charge in [-0.2, -0.15) is 11.3 Å². The average Bonchev–Trinajstić information content (AvgIpc) is 2.94. The van der Waals surface area contributed by atoms with Gasteiger partial charge in [0.2, 0.25) is 0 Å². The predicted molar refractivity (Wildman–Crippen MR) is 73.1 cm³/mol. The molecule has 1 aromatic rings. The summed E-state index contributed by atoms with van der Waals surface area (Å²) < 4.78 is 0. The minimum atomic E-state index is 0.209. The molecule has 0 spiro atoms. The maximum Gasteiger partial charge on any atom is 0.255 e. The van der Waals surface area contributed by atoms with E-state index in [1.165, 1.54) is 0 Å². The van der Waals surface area contributed by atoms with Crippen molar-refractivity contribution in [3.8, 4) is 0 Å². The van der Waals surface area contributed by atoms with Crippen LogP contribution in [0.4, 0.5) is 0 Å². The Morgan fingerprint density at radius 1 is 1.59 bits per heavy atom. The van der Waals surface area contributed by atoms with Gasteiger partial charge < -0.3 is 4.90 Å². The molecule has 1 aliphatic rings. The van der Waals surface area contributed by atoms with Crippen molar-refractivity contribution in [3.63, 3.8) is 0 Å². The van der Waals surface area contributed by atoms with E-state index in [1.54, 1.807) is 11.3 Å². The molecule has 1 amide bonds. The van der Waals surface area contributed by atoms with Crippen LogP contribution in [0.2, 0.25) is 0 Å². The molecule has 94 valence electrons. The van der Waals surface area contributed by atoms with Crippen LogP contribution in [0.25, 0.3) is 0 Å². The van der Waals surface area contributed by atoms with Crippen molar-refractivity contribution in [3.05, 3.63) is 21.9 Å². The van der Waals surface area contributed by atoms with E-state index in [9.17, 15) is 4.79 Å². The number of rotatable bonds is 4. The summed E-state index contributed by atoms with van der Waals surface area (Å²) in [5, 5.41) is 4.01. The molecule has 0 aromatic carbocycles. The Kier molecular flexibility index (Phi) is 4.46. The minimum absolute atomic E-state index is 0.209. The van der Waals surface area contributed by atoms with Crippen molar-refractivity contribution >= 4 is 28.8 Å². The van der Waals surface area contributed by atoms with E-state index >= 15 is 0 Å². The Bertz CT molecular complexity index is 391. The average molecular weight is 272 g/mol. The van der Waals surface area contributed by atoms with Gasteiger partial charge in [0.1, 0.15) is 0 Å². The Hall–Kier alpha value is -0.540.